The number of hydrogen-bond donors (Lipinski definition) is 2. The Morgan fingerprint density at radius 2 is 2.14 bits per heavy atom. The van der Waals surface area contributed by atoms with Gasteiger partial charge in [0.15, 0.2) is 0 Å². The molecule has 0 saturated carbocycles. The maximum atomic E-state index is 9.57. The molecule has 0 amide bonds. The zero-order chi connectivity index (χ0) is 9.97. The number of benzene rings is 1. The average molecular weight is 188 g/mol. The highest BCUT2D eigenvalue weighted by molar-refractivity contribution is 5.85. The first-order valence-corrected chi connectivity index (χ1v) is 4.64. The lowest BCUT2D eigenvalue weighted by Gasteiger charge is -2.04. The van der Waals surface area contributed by atoms with E-state index in [1.165, 1.54) is 0 Å². The molecule has 3 nitrogen and oxygen atoms in total. The van der Waals surface area contributed by atoms with Crippen LogP contribution < -0.4 is 5.32 Å². The fraction of sp³-hybridized carbons (Fsp3) is 0.182. The molecule has 2 aromatic rings. The zero-order valence-electron chi connectivity index (χ0n) is 7.99. The zero-order valence-corrected chi connectivity index (χ0v) is 7.99. The third-order valence-corrected chi connectivity index (χ3v) is 2.06. The molecule has 0 aliphatic carbocycles. The first kappa shape index (κ1) is 8.81. The average Bonchev–Trinajstić information content (AvgIpc) is 2.20. The fourth-order valence-electron chi connectivity index (χ4n) is 1.41. The molecule has 72 valence electrons. The minimum atomic E-state index is 0.224. The maximum Gasteiger partial charge on any atom is 0.141 e. The topological polar surface area (TPSA) is 45.1 Å². The molecule has 0 aliphatic heterocycles. The molecule has 2 N–H and O–H groups in total. The number of nitrogens with zero attached hydrogens (tertiary/aromatic N) is 1. The molecule has 0 bridgehead atoms. The lowest BCUT2D eigenvalue weighted by atomic mass is 10.2. The molecule has 0 unspecified atom stereocenters. The first-order chi connectivity index (χ1) is 6.81. The Morgan fingerprint density at radius 3 is 2.93 bits per heavy atom. The SMILES string of the molecule is CCNc1ccc2cccc(O)c2n1. The van der Waals surface area contributed by atoms with Gasteiger partial charge in [-0.2, -0.15) is 0 Å². The van der Waals surface area contributed by atoms with E-state index in [1.54, 1.807) is 6.07 Å². The minimum Gasteiger partial charge on any atom is -0.506 e. The number of nitrogens with one attached hydrogen (secondary N) is 1. The summed E-state index contributed by atoms with van der Waals surface area (Å²) in [4.78, 5) is 4.30. The van der Waals surface area contributed by atoms with Gasteiger partial charge in [-0.1, -0.05) is 12.1 Å². The summed E-state index contributed by atoms with van der Waals surface area (Å²) in [5.41, 5.74) is 0.644. The standard InChI is InChI=1S/C11H12N2O/c1-2-12-10-7-6-8-4-3-5-9(14)11(8)13-10/h3-7,14H,2H2,1H3,(H,12,13). The van der Waals surface area contributed by atoms with Crippen molar-refractivity contribution in [2.45, 2.75) is 6.92 Å². The van der Waals surface area contributed by atoms with Crippen molar-refractivity contribution >= 4 is 16.7 Å². The lowest BCUT2D eigenvalue weighted by Crippen LogP contribution is -1.98. The summed E-state index contributed by atoms with van der Waals surface area (Å²) in [6, 6.07) is 9.24. The highest BCUT2D eigenvalue weighted by atomic mass is 16.3. The summed E-state index contributed by atoms with van der Waals surface area (Å²) >= 11 is 0. The summed E-state index contributed by atoms with van der Waals surface area (Å²) in [6.07, 6.45) is 0. The number of anilines is 1. The van der Waals surface area contributed by atoms with Gasteiger partial charge < -0.3 is 10.4 Å². The predicted octanol–water partition coefficient (Wildman–Crippen LogP) is 2.37. The number of phenolic OH excluding ortho intramolecular Hbond substituents is 1. The molecule has 0 saturated heterocycles. The highest BCUT2D eigenvalue weighted by Crippen LogP contribution is 2.23. The van der Waals surface area contributed by atoms with Gasteiger partial charge in [-0.25, -0.2) is 4.98 Å². The largest absolute Gasteiger partial charge is 0.506 e. The van der Waals surface area contributed by atoms with Crippen LogP contribution in [-0.2, 0) is 0 Å². The van der Waals surface area contributed by atoms with Crippen molar-refractivity contribution in [1.29, 1.82) is 0 Å². The van der Waals surface area contributed by atoms with Crippen molar-refractivity contribution in [1.82, 2.24) is 4.98 Å². The van der Waals surface area contributed by atoms with Gasteiger partial charge in [0.05, 0.1) is 0 Å². The van der Waals surface area contributed by atoms with E-state index in [9.17, 15) is 5.11 Å². The van der Waals surface area contributed by atoms with E-state index in [0.717, 1.165) is 17.7 Å². The van der Waals surface area contributed by atoms with Gasteiger partial charge in [0, 0.05) is 11.9 Å². The van der Waals surface area contributed by atoms with Crippen molar-refractivity contribution in [3.63, 3.8) is 0 Å². The predicted molar refractivity (Wildman–Crippen MR) is 57.6 cm³/mol. The molecule has 0 fully saturated rings. The van der Waals surface area contributed by atoms with E-state index in [2.05, 4.69) is 10.3 Å². The van der Waals surface area contributed by atoms with Gasteiger partial charge in [0.1, 0.15) is 17.1 Å². The molecular formula is C11H12N2O. The summed E-state index contributed by atoms with van der Waals surface area (Å²) in [6.45, 7) is 2.84. The molecular weight excluding hydrogens is 176 g/mol. The summed E-state index contributed by atoms with van der Waals surface area (Å²) in [5, 5.41) is 13.6. The van der Waals surface area contributed by atoms with Crippen LogP contribution in [0.3, 0.4) is 0 Å². The molecule has 0 atom stereocenters. The van der Waals surface area contributed by atoms with E-state index < -0.39 is 0 Å². The van der Waals surface area contributed by atoms with Gasteiger partial charge in [0.25, 0.3) is 0 Å². The Bertz CT molecular complexity index is 454. The molecule has 1 heterocycles. The second kappa shape index (κ2) is 3.54. The normalized spacial score (nSPS) is 10.4. The smallest absolute Gasteiger partial charge is 0.141 e. The lowest BCUT2D eigenvalue weighted by molar-refractivity contribution is 0.480. The number of phenols is 1. The molecule has 0 spiro atoms. The second-order valence-corrected chi connectivity index (χ2v) is 3.08. The molecule has 0 radical (unpaired) electrons. The van der Waals surface area contributed by atoms with Gasteiger partial charge in [-0.3, -0.25) is 0 Å². The Labute approximate surface area is 82.4 Å². The van der Waals surface area contributed by atoms with Crippen LogP contribution in [0.4, 0.5) is 5.82 Å². The highest BCUT2D eigenvalue weighted by Gasteiger charge is 2.01. The van der Waals surface area contributed by atoms with Crippen LogP contribution in [-0.4, -0.2) is 16.6 Å². The van der Waals surface area contributed by atoms with Crippen LogP contribution in [0.25, 0.3) is 10.9 Å². The van der Waals surface area contributed by atoms with E-state index >= 15 is 0 Å². The third-order valence-electron chi connectivity index (χ3n) is 2.06. The molecule has 14 heavy (non-hydrogen) atoms. The van der Waals surface area contributed by atoms with Crippen LogP contribution >= 0.6 is 0 Å². The Kier molecular flexibility index (Phi) is 2.23. The Morgan fingerprint density at radius 1 is 1.29 bits per heavy atom. The summed E-state index contributed by atoms with van der Waals surface area (Å²) in [7, 11) is 0. The van der Waals surface area contributed by atoms with Crippen LogP contribution in [0.15, 0.2) is 30.3 Å². The number of pyridine rings is 1. The minimum absolute atomic E-state index is 0.224. The van der Waals surface area contributed by atoms with E-state index in [1.807, 2.05) is 31.2 Å². The monoisotopic (exact) mass is 188 g/mol. The van der Waals surface area contributed by atoms with Crippen LogP contribution in [0.5, 0.6) is 5.75 Å². The summed E-state index contributed by atoms with van der Waals surface area (Å²) in [5.74, 6) is 1.02. The molecule has 3 heteroatoms. The molecule has 1 aromatic heterocycles. The number of para-hydroxylation sites is 1. The number of aromatic hydroxyl groups is 1. The molecule has 2 rings (SSSR count). The summed E-state index contributed by atoms with van der Waals surface area (Å²) < 4.78 is 0. The van der Waals surface area contributed by atoms with Gasteiger partial charge in [-0.05, 0) is 25.1 Å². The van der Waals surface area contributed by atoms with Crippen molar-refractivity contribution in [3.8, 4) is 5.75 Å². The van der Waals surface area contributed by atoms with Crippen molar-refractivity contribution in [2.75, 3.05) is 11.9 Å². The number of hydrogen-bond acceptors (Lipinski definition) is 3. The van der Waals surface area contributed by atoms with Crippen molar-refractivity contribution in [3.05, 3.63) is 30.3 Å². The number of rotatable bonds is 2. The number of fused-ring (bicyclic) bond motifs is 1. The Hall–Kier alpha value is -1.77. The second-order valence-electron chi connectivity index (χ2n) is 3.08. The number of aromatic nitrogens is 1. The fourth-order valence-corrected chi connectivity index (χ4v) is 1.41. The quantitative estimate of drug-likeness (QED) is 0.760. The molecule has 1 aromatic carbocycles. The van der Waals surface area contributed by atoms with E-state index in [0.29, 0.717) is 5.52 Å². The van der Waals surface area contributed by atoms with Crippen LogP contribution in [0.2, 0.25) is 0 Å². The maximum absolute atomic E-state index is 9.57. The van der Waals surface area contributed by atoms with Gasteiger partial charge in [-0.15, -0.1) is 0 Å². The Balaban J connectivity index is 2.58. The first-order valence-electron chi connectivity index (χ1n) is 4.64. The van der Waals surface area contributed by atoms with E-state index in [4.69, 9.17) is 0 Å². The van der Waals surface area contributed by atoms with Gasteiger partial charge in [0.2, 0.25) is 0 Å². The van der Waals surface area contributed by atoms with Gasteiger partial charge >= 0.3 is 0 Å². The van der Waals surface area contributed by atoms with E-state index in [-0.39, 0.29) is 5.75 Å². The third kappa shape index (κ3) is 1.48. The van der Waals surface area contributed by atoms with Crippen LogP contribution in [0.1, 0.15) is 6.92 Å². The van der Waals surface area contributed by atoms with Crippen molar-refractivity contribution < 1.29 is 5.11 Å². The van der Waals surface area contributed by atoms with Crippen molar-refractivity contribution in [2.24, 2.45) is 0 Å². The molecule has 0 aliphatic rings. The van der Waals surface area contributed by atoms with Crippen LogP contribution in [0, 0.1) is 0 Å².